The van der Waals surface area contributed by atoms with Gasteiger partial charge in [0, 0.05) is 19.0 Å². The molecule has 3 rings (SSSR count). The van der Waals surface area contributed by atoms with Crippen molar-refractivity contribution in [3.63, 3.8) is 0 Å². The first-order valence-corrected chi connectivity index (χ1v) is 7.31. The number of methoxy groups -OCH3 is 2. The predicted molar refractivity (Wildman–Crippen MR) is 84.1 cm³/mol. The van der Waals surface area contributed by atoms with E-state index in [1.807, 2.05) is 6.07 Å². The highest BCUT2D eigenvalue weighted by atomic mass is 16.5. The maximum Gasteiger partial charge on any atom is 0.160 e. The van der Waals surface area contributed by atoms with Crippen LogP contribution in [0.3, 0.4) is 0 Å². The molecule has 110 valence electrons. The van der Waals surface area contributed by atoms with E-state index in [4.69, 9.17) is 9.47 Å². The summed E-state index contributed by atoms with van der Waals surface area (Å²) in [6.45, 7) is 1.92. The smallest absolute Gasteiger partial charge is 0.160 e. The zero-order valence-corrected chi connectivity index (χ0v) is 12.6. The Morgan fingerprint density at radius 1 is 0.952 bits per heavy atom. The van der Waals surface area contributed by atoms with E-state index in [-0.39, 0.29) is 0 Å². The molecule has 1 atom stereocenters. The van der Waals surface area contributed by atoms with E-state index >= 15 is 0 Å². The molecule has 0 amide bonds. The highest BCUT2D eigenvalue weighted by molar-refractivity contribution is 5.44. The molecule has 0 radical (unpaired) electrons. The number of rotatable bonds is 3. The molecule has 0 unspecified atom stereocenters. The molecule has 2 aromatic carbocycles. The van der Waals surface area contributed by atoms with Gasteiger partial charge in [0.2, 0.25) is 0 Å². The quantitative estimate of drug-likeness (QED) is 0.938. The average molecular weight is 283 g/mol. The van der Waals surface area contributed by atoms with Crippen LogP contribution >= 0.6 is 0 Å². The van der Waals surface area contributed by atoms with Crippen LogP contribution in [0.15, 0.2) is 42.5 Å². The van der Waals surface area contributed by atoms with Gasteiger partial charge in [0.15, 0.2) is 11.5 Å². The van der Waals surface area contributed by atoms with Crippen molar-refractivity contribution >= 4 is 0 Å². The Labute approximate surface area is 125 Å². The van der Waals surface area contributed by atoms with Crippen molar-refractivity contribution in [2.24, 2.45) is 0 Å². The molecular formula is C18H21NO2. The molecule has 0 aromatic heterocycles. The lowest BCUT2D eigenvalue weighted by Crippen LogP contribution is -2.19. The van der Waals surface area contributed by atoms with E-state index in [9.17, 15) is 0 Å². The standard InChI is InChI=1S/C18H21NO2/c1-20-17-8-7-14(10-18(17)21-2)16-9-13-5-3-4-6-15(13)11-19-12-16/h3-8,10,16,19H,9,11-12H2,1-2H3/t16-/m1/s1. The van der Waals surface area contributed by atoms with Gasteiger partial charge < -0.3 is 14.8 Å². The summed E-state index contributed by atoms with van der Waals surface area (Å²) in [5.41, 5.74) is 4.12. The second-order valence-corrected chi connectivity index (χ2v) is 5.42. The summed E-state index contributed by atoms with van der Waals surface area (Å²) in [5.74, 6) is 2.03. The first-order valence-electron chi connectivity index (χ1n) is 7.31. The molecule has 0 saturated carbocycles. The third-order valence-corrected chi connectivity index (χ3v) is 4.17. The topological polar surface area (TPSA) is 30.5 Å². The van der Waals surface area contributed by atoms with Crippen LogP contribution in [0.5, 0.6) is 11.5 Å². The molecule has 1 heterocycles. The van der Waals surface area contributed by atoms with Crippen molar-refractivity contribution in [2.75, 3.05) is 20.8 Å². The number of hydrogen-bond acceptors (Lipinski definition) is 3. The van der Waals surface area contributed by atoms with Gasteiger partial charge in [0.25, 0.3) is 0 Å². The summed E-state index contributed by atoms with van der Waals surface area (Å²) in [6.07, 6.45) is 1.05. The lowest BCUT2D eigenvalue weighted by atomic mass is 9.91. The van der Waals surface area contributed by atoms with Gasteiger partial charge in [-0.05, 0) is 35.2 Å². The third-order valence-electron chi connectivity index (χ3n) is 4.17. The Balaban J connectivity index is 1.90. The molecule has 0 saturated heterocycles. The average Bonchev–Trinajstić information content (AvgIpc) is 2.76. The zero-order valence-electron chi connectivity index (χ0n) is 12.6. The van der Waals surface area contributed by atoms with Gasteiger partial charge in [-0.15, -0.1) is 0 Å². The third kappa shape index (κ3) is 2.88. The molecule has 3 nitrogen and oxygen atoms in total. The van der Waals surface area contributed by atoms with E-state index in [1.54, 1.807) is 14.2 Å². The lowest BCUT2D eigenvalue weighted by molar-refractivity contribution is 0.354. The van der Waals surface area contributed by atoms with Gasteiger partial charge in [-0.25, -0.2) is 0 Å². The number of ether oxygens (including phenoxy) is 2. The molecule has 3 heteroatoms. The number of benzene rings is 2. The van der Waals surface area contributed by atoms with Crippen molar-refractivity contribution in [1.82, 2.24) is 5.32 Å². The van der Waals surface area contributed by atoms with Crippen LogP contribution in [0.2, 0.25) is 0 Å². The minimum atomic E-state index is 0.452. The van der Waals surface area contributed by atoms with E-state index in [1.165, 1.54) is 16.7 Å². The molecule has 1 aliphatic heterocycles. The SMILES string of the molecule is COc1ccc([C@H]2CNCc3ccccc3C2)cc1OC. The fourth-order valence-corrected chi connectivity index (χ4v) is 2.99. The molecule has 0 bridgehead atoms. The summed E-state index contributed by atoms with van der Waals surface area (Å²) in [7, 11) is 3.35. The van der Waals surface area contributed by atoms with Crippen LogP contribution in [0.25, 0.3) is 0 Å². The van der Waals surface area contributed by atoms with Gasteiger partial charge in [0.1, 0.15) is 0 Å². The molecule has 1 aliphatic rings. The van der Waals surface area contributed by atoms with E-state index in [2.05, 4.69) is 41.7 Å². The van der Waals surface area contributed by atoms with Gasteiger partial charge >= 0.3 is 0 Å². The molecule has 0 spiro atoms. The Kier molecular flexibility index (Phi) is 4.11. The van der Waals surface area contributed by atoms with Crippen LogP contribution in [0, 0.1) is 0 Å². The molecular weight excluding hydrogens is 262 g/mol. The zero-order chi connectivity index (χ0) is 14.7. The van der Waals surface area contributed by atoms with E-state index < -0.39 is 0 Å². The second-order valence-electron chi connectivity index (χ2n) is 5.42. The normalized spacial score (nSPS) is 17.7. The van der Waals surface area contributed by atoms with Crippen molar-refractivity contribution in [3.8, 4) is 11.5 Å². The van der Waals surface area contributed by atoms with E-state index in [0.717, 1.165) is 31.0 Å². The van der Waals surface area contributed by atoms with Crippen LogP contribution in [0.4, 0.5) is 0 Å². The largest absolute Gasteiger partial charge is 0.493 e. The van der Waals surface area contributed by atoms with Crippen LogP contribution in [-0.4, -0.2) is 20.8 Å². The highest BCUT2D eigenvalue weighted by Crippen LogP contribution is 2.32. The monoisotopic (exact) mass is 283 g/mol. The highest BCUT2D eigenvalue weighted by Gasteiger charge is 2.19. The molecule has 21 heavy (non-hydrogen) atoms. The Bertz CT molecular complexity index is 624. The lowest BCUT2D eigenvalue weighted by Gasteiger charge is -2.17. The fourth-order valence-electron chi connectivity index (χ4n) is 2.99. The summed E-state index contributed by atoms with van der Waals surface area (Å²) in [4.78, 5) is 0. The molecule has 0 fully saturated rings. The van der Waals surface area contributed by atoms with Crippen molar-refractivity contribution in [3.05, 3.63) is 59.2 Å². The van der Waals surface area contributed by atoms with Crippen molar-refractivity contribution < 1.29 is 9.47 Å². The Hall–Kier alpha value is -2.00. The van der Waals surface area contributed by atoms with Crippen LogP contribution in [0.1, 0.15) is 22.6 Å². The summed E-state index contributed by atoms with van der Waals surface area (Å²) in [6, 6.07) is 14.9. The number of fused-ring (bicyclic) bond motifs is 1. The first kappa shape index (κ1) is 14.0. The van der Waals surface area contributed by atoms with Crippen LogP contribution < -0.4 is 14.8 Å². The Morgan fingerprint density at radius 3 is 2.48 bits per heavy atom. The molecule has 1 N–H and O–H groups in total. The van der Waals surface area contributed by atoms with Crippen molar-refractivity contribution in [1.29, 1.82) is 0 Å². The minimum Gasteiger partial charge on any atom is -0.493 e. The van der Waals surface area contributed by atoms with Gasteiger partial charge in [-0.2, -0.15) is 0 Å². The van der Waals surface area contributed by atoms with Crippen LogP contribution in [-0.2, 0) is 13.0 Å². The van der Waals surface area contributed by atoms with Gasteiger partial charge in [-0.3, -0.25) is 0 Å². The van der Waals surface area contributed by atoms with E-state index in [0.29, 0.717) is 5.92 Å². The van der Waals surface area contributed by atoms with Gasteiger partial charge in [0.05, 0.1) is 14.2 Å². The maximum absolute atomic E-state index is 5.42. The molecule has 0 aliphatic carbocycles. The summed E-state index contributed by atoms with van der Waals surface area (Å²) >= 11 is 0. The van der Waals surface area contributed by atoms with Gasteiger partial charge in [-0.1, -0.05) is 30.3 Å². The second kappa shape index (κ2) is 6.19. The number of nitrogens with one attached hydrogen (secondary N) is 1. The molecule has 2 aromatic rings. The minimum absolute atomic E-state index is 0.452. The van der Waals surface area contributed by atoms with Crippen molar-refractivity contribution in [2.45, 2.75) is 18.9 Å². The number of hydrogen-bond donors (Lipinski definition) is 1. The summed E-state index contributed by atoms with van der Waals surface area (Å²) in [5, 5.41) is 3.55. The maximum atomic E-state index is 5.42. The summed E-state index contributed by atoms with van der Waals surface area (Å²) < 4.78 is 10.7. The first-order chi connectivity index (χ1) is 10.3. The Morgan fingerprint density at radius 2 is 1.71 bits per heavy atom. The fraction of sp³-hybridized carbons (Fsp3) is 0.333. The predicted octanol–water partition coefficient (Wildman–Crippen LogP) is 3.13.